The number of carbonyl (C=O) groups is 2. The van der Waals surface area contributed by atoms with Crippen LogP contribution in [0.5, 0.6) is 0 Å². The molecule has 0 aromatic carbocycles. The van der Waals surface area contributed by atoms with E-state index in [1.165, 1.54) is 6.42 Å². The van der Waals surface area contributed by atoms with E-state index in [2.05, 4.69) is 4.98 Å². The Bertz CT molecular complexity index is 649. The highest BCUT2D eigenvalue weighted by molar-refractivity contribution is 6.45. The summed E-state index contributed by atoms with van der Waals surface area (Å²) in [6.07, 6.45) is 5.35. The third-order valence-electron chi connectivity index (χ3n) is 4.17. The molecule has 0 atom stereocenters. The Balaban J connectivity index is 1.99. The molecule has 132 valence electrons. The smallest absolute Gasteiger partial charge is 0.405 e. The van der Waals surface area contributed by atoms with Gasteiger partial charge < -0.3 is 15.4 Å². The zero-order chi connectivity index (χ0) is 17.9. The number of aromatic amines is 1. The molecule has 1 aliphatic carbocycles. The van der Waals surface area contributed by atoms with Gasteiger partial charge in [0.25, 0.3) is 11.1 Å². The Hall–Kier alpha value is -1.24. The van der Waals surface area contributed by atoms with Gasteiger partial charge in [-0.15, -0.1) is 0 Å². The standard InChI is InChI=1S/C15H18Cl3N3O3/c1-21(8-5-3-2-4-6-8)9(22)7-24-15(23)13-10(16)12(19)11(17)14(18)20-13/h8H,2-7H2,1H3,(H2,19,20)/p+1. The number of hydrogen-bond donors (Lipinski definition) is 1. The quantitative estimate of drug-likeness (QED) is 0.627. The number of amides is 1. The predicted octanol–water partition coefficient (Wildman–Crippen LogP) is 2.99. The molecule has 1 aromatic rings. The second-order valence-corrected chi connectivity index (χ2v) is 6.86. The minimum Gasteiger partial charge on any atom is -0.448 e. The van der Waals surface area contributed by atoms with Crippen molar-refractivity contribution in [2.75, 3.05) is 19.4 Å². The number of likely N-dealkylation sites (N-methyl/N-ethyl adjacent to an activating group) is 1. The van der Waals surface area contributed by atoms with E-state index in [1.54, 1.807) is 11.9 Å². The molecular formula is C15H19Cl3N3O3+. The average Bonchev–Trinajstić information content (AvgIpc) is 2.60. The number of nitrogens with one attached hydrogen (secondary N) is 1. The van der Waals surface area contributed by atoms with Crippen molar-refractivity contribution in [1.82, 2.24) is 4.90 Å². The highest BCUT2D eigenvalue weighted by atomic mass is 35.5. The van der Waals surface area contributed by atoms with E-state index in [1.807, 2.05) is 0 Å². The van der Waals surface area contributed by atoms with Gasteiger partial charge in [-0.1, -0.05) is 42.5 Å². The fraction of sp³-hybridized carbons (Fsp3) is 0.533. The van der Waals surface area contributed by atoms with E-state index < -0.39 is 5.97 Å². The van der Waals surface area contributed by atoms with Crippen molar-refractivity contribution < 1.29 is 19.3 Å². The third-order valence-corrected chi connectivity index (χ3v) is 5.33. The first-order chi connectivity index (χ1) is 11.3. The van der Waals surface area contributed by atoms with Crippen LogP contribution in [0.25, 0.3) is 0 Å². The lowest BCUT2D eigenvalue weighted by Crippen LogP contribution is -2.40. The Morgan fingerprint density at radius 3 is 2.46 bits per heavy atom. The lowest BCUT2D eigenvalue weighted by molar-refractivity contribution is -0.380. The highest BCUT2D eigenvalue weighted by Crippen LogP contribution is 2.32. The minimum atomic E-state index is -0.823. The number of H-pyrrole nitrogens is 1. The summed E-state index contributed by atoms with van der Waals surface area (Å²) in [7, 11) is 1.72. The normalized spacial score (nSPS) is 15.2. The van der Waals surface area contributed by atoms with Crippen molar-refractivity contribution in [2.24, 2.45) is 0 Å². The Morgan fingerprint density at radius 1 is 1.21 bits per heavy atom. The van der Waals surface area contributed by atoms with Gasteiger partial charge >= 0.3 is 11.7 Å². The molecule has 6 nitrogen and oxygen atoms in total. The minimum absolute atomic E-state index is 0.0197. The number of esters is 1. The summed E-state index contributed by atoms with van der Waals surface area (Å²) in [6, 6.07) is 0.195. The number of nitrogens with two attached hydrogens (primary N) is 1. The molecule has 0 unspecified atom stereocenters. The topological polar surface area (TPSA) is 86.8 Å². The number of halogens is 3. The number of nitrogen functional groups attached to an aromatic ring is 1. The summed E-state index contributed by atoms with van der Waals surface area (Å²) in [6.45, 7) is -0.379. The van der Waals surface area contributed by atoms with Crippen LogP contribution in [0.4, 0.5) is 5.69 Å². The van der Waals surface area contributed by atoms with Crippen molar-refractivity contribution in [3.8, 4) is 0 Å². The van der Waals surface area contributed by atoms with Crippen molar-refractivity contribution in [3.63, 3.8) is 0 Å². The molecule has 0 saturated heterocycles. The van der Waals surface area contributed by atoms with E-state index in [9.17, 15) is 9.59 Å². The monoisotopic (exact) mass is 394 g/mol. The first-order valence-electron chi connectivity index (χ1n) is 7.61. The van der Waals surface area contributed by atoms with Crippen molar-refractivity contribution in [1.29, 1.82) is 0 Å². The lowest BCUT2D eigenvalue weighted by Gasteiger charge is -2.31. The maximum absolute atomic E-state index is 12.2. The highest BCUT2D eigenvalue weighted by Gasteiger charge is 2.29. The number of rotatable bonds is 4. The first-order valence-corrected chi connectivity index (χ1v) is 8.74. The SMILES string of the molecule is CN(C(=O)COC(=O)c1[nH+]c(Cl)c(Cl)c(N)c1Cl)C1CCCCC1. The molecule has 0 aliphatic heterocycles. The fourth-order valence-electron chi connectivity index (χ4n) is 2.68. The molecule has 0 spiro atoms. The van der Waals surface area contributed by atoms with E-state index in [0.29, 0.717) is 0 Å². The molecule has 9 heteroatoms. The molecular weight excluding hydrogens is 377 g/mol. The number of carbonyl (C=O) groups excluding carboxylic acids is 2. The van der Waals surface area contributed by atoms with Gasteiger partial charge in [0, 0.05) is 13.1 Å². The first kappa shape index (κ1) is 19.1. The summed E-state index contributed by atoms with van der Waals surface area (Å²) < 4.78 is 5.03. The molecule has 2 rings (SSSR count). The van der Waals surface area contributed by atoms with Crippen LogP contribution < -0.4 is 10.7 Å². The predicted molar refractivity (Wildman–Crippen MR) is 92.4 cm³/mol. The van der Waals surface area contributed by atoms with Crippen LogP contribution in [0, 0.1) is 0 Å². The van der Waals surface area contributed by atoms with Crippen LogP contribution in [-0.4, -0.2) is 36.5 Å². The van der Waals surface area contributed by atoms with E-state index >= 15 is 0 Å². The molecule has 24 heavy (non-hydrogen) atoms. The average molecular weight is 396 g/mol. The molecule has 0 radical (unpaired) electrons. The van der Waals surface area contributed by atoms with E-state index in [4.69, 9.17) is 45.3 Å². The van der Waals surface area contributed by atoms with Crippen molar-refractivity contribution in [3.05, 3.63) is 20.9 Å². The maximum atomic E-state index is 12.2. The molecule has 3 N–H and O–H groups in total. The van der Waals surface area contributed by atoms with Gasteiger partial charge in [-0.2, -0.15) is 4.98 Å². The molecule has 0 bridgehead atoms. The fourth-order valence-corrected chi connectivity index (χ4v) is 3.29. The Kier molecular flexibility index (Phi) is 6.54. The molecule has 1 saturated carbocycles. The maximum Gasteiger partial charge on any atom is 0.405 e. The second kappa shape index (κ2) is 8.23. The van der Waals surface area contributed by atoms with Gasteiger partial charge in [0.15, 0.2) is 6.61 Å². The number of aromatic nitrogens is 1. The van der Waals surface area contributed by atoms with Crippen LogP contribution >= 0.6 is 34.8 Å². The van der Waals surface area contributed by atoms with Crippen LogP contribution in [-0.2, 0) is 9.53 Å². The molecule has 1 fully saturated rings. The Labute approximate surface area is 155 Å². The molecule has 1 aromatic heterocycles. The zero-order valence-electron chi connectivity index (χ0n) is 13.2. The third kappa shape index (κ3) is 4.23. The van der Waals surface area contributed by atoms with Crippen molar-refractivity contribution in [2.45, 2.75) is 38.1 Å². The second-order valence-electron chi connectivity index (χ2n) is 5.73. The van der Waals surface area contributed by atoms with E-state index in [-0.39, 0.29) is 45.1 Å². The van der Waals surface area contributed by atoms with Gasteiger partial charge in [-0.25, -0.2) is 4.79 Å². The van der Waals surface area contributed by atoms with Gasteiger partial charge in [0.2, 0.25) is 0 Å². The summed E-state index contributed by atoms with van der Waals surface area (Å²) in [5, 5.41) is -0.107. The van der Waals surface area contributed by atoms with Crippen molar-refractivity contribution >= 4 is 52.4 Å². The summed E-state index contributed by atoms with van der Waals surface area (Å²) in [5.74, 6) is -1.09. The van der Waals surface area contributed by atoms with Crippen LogP contribution in [0.2, 0.25) is 15.2 Å². The summed E-state index contributed by atoms with van der Waals surface area (Å²) in [4.78, 5) is 28.5. The summed E-state index contributed by atoms with van der Waals surface area (Å²) in [5.41, 5.74) is 5.50. The Morgan fingerprint density at radius 2 is 1.83 bits per heavy atom. The number of ether oxygens (including phenoxy) is 1. The molecule has 1 amide bonds. The zero-order valence-corrected chi connectivity index (χ0v) is 15.5. The van der Waals surface area contributed by atoms with Gasteiger partial charge in [0.05, 0.1) is 5.69 Å². The van der Waals surface area contributed by atoms with Crippen LogP contribution in [0.1, 0.15) is 42.6 Å². The summed E-state index contributed by atoms with van der Waals surface area (Å²) >= 11 is 17.6. The van der Waals surface area contributed by atoms with Gasteiger partial charge in [0.1, 0.15) is 10.0 Å². The number of nitrogens with zero attached hydrogens (tertiary/aromatic N) is 1. The van der Waals surface area contributed by atoms with Gasteiger partial charge in [-0.3, -0.25) is 4.79 Å². The number of anilines is 1. The lowest BCUT2D eigenvalue weighted by atomic mass is 9.94. The number of hydrogen-bond acceptors (Lipinski definition) is 4. The molecule has 1 aliphatic rings. The largest absolute Gasteiger partial charge is 0.448 e. The van der Waals surface area contributed by atoms with Crippen LogP contribution in [0.15, 0.2) is 0 Å². The van der Waals surface area contributed by atoms with E-state index in [0.717, 1.165) is 25.7 Å². The van der Waals surface area contributed by atoms with Crippen LogP contribution in [0.3, 0.4) is 0 Å². The van der Waals surface area contributed by atoms with Gasteiger partial charge in [-0.05, 0) is 24.4 Å². The number of pyridine rings is 1. The molecule has 1 heterocycles.